The molecule has 0 atom stereocenters. The molecule has 1 aromatic heterocycles. The summed E-state index contributed by atoms with van der Waals surface area (Å²) in [6.45, 7) is 3.82. The number of hydrogen-bond acceptors (Lipinski definition) is 6. The van der Waals surface area contributed by atoms with E-state index >= 15 is 0 Å². The molecule has 0 saturated carbocycles. The number of nitrogens with zero attached hydrogens (tertiary/aromatic N) is 3. The Kier molecular flexibility index (Phi) is 7.51. The van der Waals surface area contributed by atoms with Gasteiger partial charge in [-0.2, -0.15) is 0 Å². The Morgan fingerprint density at radius 1 is 0.971 bits per heavy atom. The van der Waals surface area contributed by atoms with Crippen LogP contribution in [0.4, 0.5) is 11.5 Å². The second-order valence-corrected chi connectivity index (χ2v) is 9.33. The van der Waals surface area contributed by atoms with E-state index in [4.69, 9.17) is 21.7 Å². The summed E-state index contributed by atoms with van der Waals surface area (Å²) in [5.41, 5.74) is 3.28. The first-order chi connectivity index (χ1) is 17.2. The zero-order valence-corrected chi connectivity index (χ0v) is 20.5. The number of nitrogens with one attached hydrogen (secondary N) is 2. The number of aromatic nitrogens is 2. The van der Waals surface area contributed by atoms with E-state index in [0.29, 0.717) is 11.7 Å². The monoisotopic (exact) mass is 489 g/mol. The largest absolute Gasteiger partial charge is 0.361 e. The normalized spacial score (nSPS) is 17.3. The first-order valence-electron chi connectivity index (χ1n) is 12.2. The summed E-state index contributed by atoms with van der Waals surface area (Å²) < 4.78 is 12.0. The molecule has 0 unspecified atom stereocenters. The summed E-state index contributed by atoms with van der Waals surface area (Å²) in [7, 11) is 0. The lowest BCUT2D eigenvalue weighted by Crippen LogP contribution is -2.50. The van der Waals surface area contributed by atoms with Gasteiger partial charge in [0.05, 0.1) is 19.4 Å². The molecule has 3 aromatic rings. The lowest BCUT2D eigenvalue weighted by atomic mass is 9.91. The van der Waals surface area contributed by atoms with Crippen LogP contribution >= 0.6 is 12.2 Å². The molecule has 2 saturated heterocycles. The van der Waals surface area contributed by atoms with Crippen molar-refractivity contribution in [2.75, 3.05) is 43.1 Å². The highest BCUT2D eigenvalue weighted by Crippen LogP contribution is 2.34. The Bertz CT molecular complexity index is 1060. The van der Waals surface area contributed by atoms with E-state index < -0.39 is 5.79 Å². The maximum absolute atomic E-state index is 5.98. The highest BCUT2D eigenvalue weighted by molar-refractivity contribution is 7.80. The average Bonchev–Trinajstić information content (AvgIpc) is 2.91. The van der Waals surface area contributed by atoms with Crippen LogP contribution in [0, 0.1) is 0 Å². The maximum atomic E-state index is 5.98. The van der Waals surface area contributed by atoms with E-state index in [1.807, 2.05) is 12.1 Å². The zero-order valence-electron chi connectivity index (χ0n) is 19.7. The van der Waals surface area contributed by atoms with Crippen molar-refractivity contribution < 1.29 is 9.47 Å². The number of hydrogen-bond donors (Lipinski definition) is 2. The minimum absolute atomic E-state index is 0.178. The van der Waals surface area contributed by atoms with E-state index in [1.54, 1.807) is 12.5 Å². The van der Waals surface area contributed by atoms with Crippen molar-refractivity contribution in [2.45, 2.75) is 31.0 Å². The van der Waals surface area contributed by atoms with Crippen molar-refractivity contribution in [1.82, 2.24) is 15.3 Å². The number of benzene rings is 2. The molecule has 2 aliphatic rings. The van der Waals surface area contributed by atoms with E-state index in [-0.39, 0.29) is 5.92 Å². The number of thiocarbonyl (C=S) groups is 1. The van der Waals surface area contributed by atoms with E-state index in [9.17, 15) is 0 Å². The molecule has 0 aliphatic carbocycles. The molecule has 2 N–H and O–H groups in total. The van der Waals surface area contributed by atoms with Crippen LogP contribution in [0.2, 0.25) is 0 Å². The fourth-order valence-electron chi connectivity index (χ4n) is 4.79. The van der Waals surface area contributed by atoms with Crippen LogP contribution in [0.15, 0.2) is 73.2 Å². The highest BCUT2D eigenvalue weighted by atomic mass is 32.1. The van der Waals surface area contributed by atoms with Gasteiger partial charge in [-0.25, -0.2) is 9.97 Å². The van der Waals surface area contributed by atoms with Crippen molar-refractivity contribution in [3.63, 3.8) is 0 Å². The Labute approximate surface area is 211 Å². The van der Waals surface area contributed by atoms with Gasteiger partial charge in [-0.3, -0.25) is 0 Å². The van der Waals surface area contributed by atoms with Crippen molar-refractivity contribution in [2.24, 2.45) is 0 Å². The Balaban J connectivity index is 1.23. The topological polar surface area (TPSA) is 71.5 Å². The zero-order chi connectivity index (χ0) is 23.9. The number of ether oxygens (including phenoxy) is 2. The molecule has 35 heavy (non-hydrogen) atoms. The second-order valence-electron chi connectivity index (χ2n) is 8.92. The van der Waals surface area contributed by atoms with Crippen LogP contribution in [0.25, 0.3) is 0 Å². The molecule has 2 aliphatic heterocycles. The minimum Gasteiger partial charge on any atom is -0.361 e. The quantitative estimate of drug-likeness (QED) is 0.496. The van der Waals surface area contributed by atoms with Gasteiger partial charge in [-0.1, -0.05) is 60.7 Å². The third kappa shape index (κ3) is 5.78. The summed E-state index contributed by atoms with van der Waals surface area (Å²) in [5.74, 6) is 0.589. The van der Waals surface area contributed by atoms with E-state index in [2.05, 4.69) is 74.0 Å². The average molecular weight is 490 g/mol. The fraction of sp³-hybridized carbons (Fsp3) is 0.370. The standard InChI is InChI=1S/C27H31N5O2S/c35-26(29-18-23(21-8-3-1-4-9-21)22-10-5-2-6-11-22)31-24-19-28-20-30-25(24)32-14-12-27(13-15-32)33-16-7-17-34-27/h1-6,8-11,19-20,23H,7,12-18H2,(H2,29,31,35). The molecular weight excluding hydrogens is 458 g/mol. The van der Waals surface area contributed by atoms with Crippen LogP contribution in [-0.2, 0) is 9.47 Å². The van der Waals surface area contributed by atoms with Crippen molar-refractivity contribution in [3.8, 4) is 0 Å². The molecule has 5 rings (SSSR count). The third-order valence-corrected chi connectivity index (χ3v) is 6.90. The molecule has 7 nitrogen and oxygen atoms in total. The van der Waals surface area contributed by atoms with Gasteiger partial charge in [0.25, 0.3) is 0 Å². The van der Waals surface area contributed by atoms with Crippen LogP contribution < -0.4 is 15.5 Å². The Morgan fingerprint density at radius 3 is 2.23 bits per heavy atom. The van der Waals surface area contributed by atoms with Crippen LogP contribution in [0.5, 0.6) is 0 Å². The molecule has 2 fully saturated rings. The first-order valence-corrected chi connectivity index (χ1v) is 12.6. The van der Waals surface area contributed by atoms with Gasteiger partial charge in [0.1, 0.15) is 12.0 Å². The third-order valence-electron chi connectivity index (χ3n) is 6.65. The predicted octanol–water partition coefficient (Wildman–Crippen LogP) is 4.33. The summed E-state index contributed by atoms with van der Waals surface area (Å²) in [5, 5.41) is 7.29. The fourth-order valence-corrected chi connectivity index (χ4v) is 4.98. The lowest BCUT2D eigenvalue weighted by Gasteiger charge is -2.43. The predicted molar refractivity (Wildman–Crippen MR) is 142 cm³/mol. The number of rotatable bonds is 6. The molecule has 8 heteroatoms. The summed E-state index contributed by atoms with van der Waals surface area (Å²) >= 11 is 5.68. The van der Waals surface area contributed by atoms with E-state index in [0.717, 1.165) is 57.1 Å². The van der Waals surface area contributed by atoms with Gasteiger partial charge < -0.3 is 25.0 Å². The highest BCUT2D eigenvalue weighted by Gasteiger charge is 2.39. The van der Waals surface area contributed by atoms with Gasteiger partial charge >= 0.3 is 0 Å². The molecule has 3 heterocycles. The smallest absolute Gasteiger partial charge is 0.171 e. The van der Waals surface area contributed by atoms with Gasteiger partial charge in [0.2, 0.25) is 0 Å². The minimum atomic E-state index is -0.434. The van der Waals surface area contributed by atoms with Crippen LogP contribution in [-0.4, -0.2) is 53.7 Å². The molecule has 2 aromatic carbocycles. The van der Waals surface area contributed by atoms with Crippen LogP contribution in [0.1, 0.15) is 36.3 Å². The van der Waals surface area contributed by atoms with Crippen LogP contribution in [0.3, 0.4) is 0 Å². The first kappa shape index (κ1) is 23.7. The van der Waals surface area contributed by atoms with Gasteiger partial charge in [-0.05, 0) is 29.8 Å². The molecule has 1 spiro atoms. The number of piperidine rings is 1. The molecular formula is C27H31N5O2S. The van der Waals surface area contributed by atoms with Gasteiger partial charge in [0, 0.05) is 38.4 Å². The second kappa shape index (κ2) is 11.1. The summed E-state index contributed by atoms with van der Waals surface area (Å²) in [6.07, 6.45) is 5.95. The summed E-state index contributed by atoms with van der Waals surface area (Å²) in [4.78, 5) is 11.0. The van der Waals surface area contributed by atoms with Gasteiger partial charge in [-0.15, -0.1) is 0 Å². The lowest BCUT2D eigenvalue weighted by molar-refractivity contribution is -0.275. The van der Waals surface area contributed by atoms with Gasteiger partial charge in [0.15, 0.2) is 16.7 Å². The molecule has 0 radical (unpaired) electrons. The number of anilines is 2. The SMILES string of the molecule is S=C(NCC(c1ccccc1)c1ccccc1)Nc1cncnc1N1CCC2(CC1)OCCCO2. The molecule has 0 amide bonds. The molecule has 0 bridgehead atoms. The Morgan fingerprint density at radius 2 is 1.60 bits per heavy atom. The van der Waals surface area contributed by atoms with E-state index in [1.165, 1.54) is 11.1 Å². The van der Waals surface area contributed by atoms with Crippen molar-refractivity contribution in [1.29, 1.82) is 0 Å². The Hall–Kier alpha value is -3.07. The van der Waals surface area contributed by atoms with Crippen molar-refractivity contribution >= 4 is 28.8 Å². The maximum Gasteiger partial charge on any atom is 0.171 e. The summed E-state index contributed by atoms with van der Waals surface area (Å²) in [6, 6.07) is 21.0. The van der Waals surface area contributed by atoms with Crippen molar-refractivity contribution in [3.05, 3.63) is 84.3 Å². The molecule has 182 valence electrons.